The van der Waals surface area contributed by atoms with Gasteiger partial charge < -0.3 is 4.90 Å². The van der Waals surface area contributed by atoms with Crippen LogP contribution >= 0.6 is 0 Å². The normalized spacial score (nSPS) is 10.2. The fraction of sp³-hybridized carbons (Fsp3) is 0.0588. The zero-order chi connectivity index (χ0) is 13.9. The molecule has 0 spiro atoms. The van der Waals surface area contributed by atoms with Crippen LogP contribution in [0.25, 0.3) is 10.9 Å². The third-order valence-electron chi connectivity index (χ3n) is 3.29. The lowest BCUT2D eigenvalue weighted by Gasteiger charge is -2.18. The number of aromatic nitrogens is 1. The zero-order valence-corrected chi connectivity index (χ0v) is 11.1. The fourth-order valence-corrected chi connectivity index (χ4v) is 2.16. The van der Waals surface area contributed by atoms with Crippen LogP contribution in [-0.2, 0) is 0 Å². The standard InChI is InChI=1S/C17H13N3/c1-20(15-7-4-5-13(11-15)12-18)17-10-9-14-6-2-3-8-16(14)19-17/h2-11H,1H3. The molecule has 0 N–H and O–H groups in total. The summed E-state index contributed by atoms with van der Waals surface area (Å²) in [5.74, 6) is 0.860. The predicted octanol–water partition coefficient (Wildman–Crippen LogP) is 3.87. The molecule has 0 aliphatic carbocycles. The number of nitrogens with zero attached hydrogens (tertiary/aromatic N) is 3. The highest BCUT2D eigenvalue weighted by Crippen LogP contribution is 2.24. The highest BCUT2D eigenvalue weighted by Gasteiger charge is 2.06. The summed E-state index contributed by atoms with van der Waals surface area (Å²) in [5, 5.41) is 10.1. The van der Waals surface area contributed by atoms with E-state index in [0.717, 1.165) is 22.4 Å². The highest BCUT2D eigenvalue weighted by molar-refractivity contribution is 5.81. The van der Waals surface area contributed by atoms with Crippen LogP contribution in [0, 0.1) is 11.3 Å². The first-order valence-electron chi connectivity index (χ1n) is 6.37. The summed E-state index contributed by atoms with van der Waals surface area (Å²) in [6.45, 7) is 0. The molecule has 3 nitrogen and oxygen atoms in total. The Morgan fingerprint density at radius 2 is 1.85 bits per heavy atom. The van der Waals surface area contributed by atoms with Crippen molar-refractivity contribution in [2.75, 3.05) is 11.9 Å². The van der Waals surface area contributed by atoms with Crippen LogP contribution in [0.4, 0.5) is 11.5 Å². The van der Waals surface area contributed by atoms with Gasteiger partial charge in [0.2, 0.25) is 0 Å². The van der Waals surface area contributed by atoms with E-state index in [2.05, 4.69) is 17.1 Å². The van der Waals surface area contributed by atoms with Crippen LogP contribution in [0.3, 0.4) is 0 Å². The van der Waals surface area contributed by atoms with E-state index in [1.807, 2.05) is 60.5 Å². The molecular formula is C17H13N3. The van der Waals surface area contributed by atoms with Crippen molar-refractivity contribution in [2.45, 2.75) is 0 Å². The van der Waals surface area contributed by atoms with Crippen LogP contribution in [-0.4, -0.2) is 12.0 Å². The summed E-state index contributed by atoms with van der Waals surface area (Å²) in [7, 11) is 1.95. The van der Waals surface area contributed by atoms with E-state index in [0.29, 0.717) is 5.56 Å². The Morgan fingerprint density at radius 3 is 2.70 bits per heavy atom. The Hall–Kier alpha value is -2.86. The molecule has 0 atom stereocenters. The van der Waals surface area contributed by atoms with Gasteiger partial charge in [-0.25, -0.2) is 4.98 Å². The lowest BCUT2D eigenvalue weighted by Crippen LogP contribution is -2.11. The number of fused-ring (bicyclic) bond motifs is 1. The molecule has 1 heterocycles. The van der Waals surface area contributed by atoms with E-state index in [1.54, 1.807) is 6.07 Å². The second-order valence-corrected chi connectivity index (χ2v) is 4.58. The first-order valence-corrected chi connectivity index (χ1v) is 6.37. The largest absolute Gasteiger partial charge is 0.329 e. The summed E-state index contributed by atoms with van der Waals surface area (Å²) >= 11 is 0. The van der Waals surface area contributed by atoms with Crippen molar-refractivity contribution in [1.82, 2.24) is 4.98 Å². The number of pyridine rings is 1. The maximum absolute atomic E-state index is 8.97. The van der Waals surface area contributed by atoms with Crippen molar-refractivity contribution in [2.24, 2.45) is 0 Å². The Bertz CT molecular complexity index is 802. The number of hydrogen-bond acceptors (Lipinski definition) is 3. The number of nitriles is 1. The molecule has 20 heavy (non-hydrogen) atoms. The van der Waals surface area contributed by atoms with Crippen molar-refractivity contribution in [3.63, 3.8) is 0 Å². The maximum Gasteiger partial charge on any atom is 0.133 e. The Morgan fingerprint density at radius 1 is 1.00 bits per heavy atom. The highest BCUT2D eigenvalue weighted by atomic mass is 15.2. The molecule has 3 heteroatoms. The molecule has 0 aliphatic rings. The Kier molecular flexibility index (Phi) is 3.06. The second kappa shape index (κ2) is 5.02. The lowest BCUT2D eigenvalue weighted by molar-refractivity contribution is 1.15. The summed E-state index contributed by atoms with van der Waals surface area (Å²) in [6.07, 6.45) is 0. The molecule has 0 radical (unpaired) electrons. The minimum atomic E-state index is 0.648. The molecule has 3 aromatic rings. The average Bonchev–Trinajstić information content (AvgIpc) is 2.53. The van der Waals surface area contributed by atoms with E-state index >= 15 is 0 Å². The van der Waals surface area contributed by atoms with Gasteiger partial charge in [-0.2, -0.15) is 5.26 Å². The molecule has 1 aromatic heterocycles. The number of hydrogen-bond donors (Lipinski definition) is 0. The maximum atomic E-state index is 8.97. The molecule has 0 amide bonds. The van der Waals surface area contributed by atoms with Crippen molar-refractivity contribution in [3.05, 3.63) is 66.2 Å². The van der Waals surface area contributed by atoms with Gasteiger partial charge in [0.1, 0.15) is 5.82 Å². The van der Waals surface area contributed by atoms with Gasteiger partial charge in [0.25, 0.3) is 0 Å². The van der Waals surface area contributed by atoms with Gasteiger partial charge >= 0.3 is 0 Å². The summed E-state index contributed by atoms with van der Waals surface area (Å²) < 4.78 is 0. The summed E-state index contributed by atoms with van der Waals surface area (Å²) in [4.78, 5) is 6.63. The van der Waals surface area contributed by atoms with Crippen molar-refractivity contribution < 1.29 is 0 Å². The van der Waals surface area contributed by atoms with Crippen LogP contribution in [0.5, 0.6) is 0 Å². The number of rotatable bonds is 2. The first kappa shape index (κ1) is 12.2. The second-order valence-electron chi connectivity index (χ2n) is 4.58. The van der Waals surface area contributed by atoms with Gasteiger partial charge in [0, 0.05) is 18.1 Å². The van der Waals surface area contributed by atoms with E-state index in [9.17, 15) is 0 Å². The minimum Gasteiger partial charge on any atom is -0.329 e. The zero-order valence-electron chi connectivity index (χ0n) is 11.1. The molecule has 0 saturated heterocycles. The third kappa shape index (κ3) is 2.19. The molecule has 0 bridgehead atoms. The molecule has 3 rings (SSSR count). The van der Waals surface area contributed by atoms with Crippen LogP contribution in [0.15, 0.2) is 60.7 Å². The molecule has 0 fully saturated rings. The van der Waals surface area contributed by atoms with E-state index in [-0.39, 0.29) is 0 Å². The lowest BCUT2D eigenvalue weighted by atomic mass is 10.2. The third-order valence-corrected chi connectivity index (χ3v) is 3.29. The van der Waals surface area contributed by atoms with Gasteiger partial charge in [0.15, 0.2) is 0 Å². The van der Waals surface area contributed by atoms with Gasteiger partial charge in [-0.05, 0) is 36.4 Å². The molecule has 2 aromatic carbocycles. The number of benzene rings is 2. The fourth-order valence-electron chi connectivity index (χ4n) is 2.16. The molecule has 96 valence electrons. The van der Waals surface area contributed by atoms with Gasteiger partial charge in [-0.1, -0.05) is 24.3 Å². The van der Waals surface area contributed by atoms with Gasteiger partial charge in [0.05, 0.1) is 17.1 Å². The SMILES string of the molecule is CN(c1cccc(C#N)c1)c1ccc2ccccc2n1. The number of anilines is 2. The van der Waals surface area contributed by atoms with Crippen molar-refractivity contribution in [1.29, 1.82) is 5.26 Å². The quantitative estimate of drug-likeness (QED) is 0.701. The van der Waals surface area contributed by atoms with Gasteiger partial charge in [-0.15, -0.1) is 0 Å². The predicted molar refractivity (Wildman–Crippen MR) is 81.0 cm³/mol. The smallest absolute Gasteiger partial charge is 0.133 e. The van der Waals surface area contributed by atoms with Crippen molar-refractivity contribution >= 4 is 22.4 Å². The van der Waals surface area contributed by atoms with Crippen molar-refractivity contribution in [3.8, 4) is 6.07 Å². The van der Waals surface area contributed by atoms with E-state index < -0.39 is 0 Å². The van der Waals surface area contributed by atoms with E-state index in [4.69, 9.17) is 5.26 Å². The van der Waals surface area contributed by atoms with Crippen LogP contribution in [0.2, 0.25) is 0 Å². The first-order chi connectivity index (χ1) is 9.78. The van der Waals surface area contributed by atoms with E-state index in [1.165, 1.54) is 0 Å². The Balaban J connectivity index is 2.03. The topological polar surface area (TPSA) is 39.9 Å². The van der Waals surface area contributed by atoms with Gasteiger partial charge in [-0.3, -0.25) is 0 Å². The summed E-state index contributed by atoms with van der Waals surface area (Å²) in [5.41, 5.74) is 2.57. The van der Waals surface area contributed by atoms with Crippen LogP contribution in [0.1, 0.15) is 5.56 Å². The van der Waals surface area contributed by atoms with Crippen LogP contribution < -0.4 is 4.90 Å². The Labute approximate surface area is 117 Å². The molecule has 0 unspecified atom stereocenters. The molecule has 0 saturated carbocycles. The summed E-state index contributed by atoms with van der Waals surface area (Å²) in [6, 6.07) is 21.7. The average molecular weight is 259 g/mol. The molecular weight excluding hydrogens is 246 g/mol. The monoisotopic (exact) mass is 259 g/mol. The number of para-hydroxylation sites is 1. The minimum absolute atomic E-state index is 0.648. The molecule has 0 aliphatic heterocycles.